The van der Waals surface area contributed by atoms with Gasteiger partial charge in [-0.25, -0.2) is 4.98 Å². The van der Waals surface area contributed by atoms with Crippen LogP contribution in [0.1, 0.15) is 54.6 Å². The zero-order valence-corrected chi connectivity index (χ0v) is 17.2. The molecule has 0 aromatic carbocycles. The van der Waals surface area contributed by atoms with Crippen LogP contribution in [0.3, 0.4) is 0 Å². The van der Waals surface area contributed by atoms with Gasteiger partial charge in [-0.15, -0.1) is 11.3 Å². The van der Waals surface area contributed by atoms with Crippen LogP contribution in [0.25, 0.3) is 0 Å². The Labute approximate surface area is 157 Å². The molecule has 2 N–H and O–H groups in total. The van der Waals surface area contributed by atoms with Crippen molar-refractivity contribution in [1.82, 2.24) is 20.5 Å². The number of aromatic nitrogens is 1. The molecule has 0 aliphatic carbocycles. The number of likely N-dealkylation sites (tertiary alicyclic amines) is 1. The van der Waals surface area contributed by atoms with Crippen molar-refractivity contribution in [2.24, 2.45) is 4.99 Å². The second-order valence-corrected chi connectivity index (χ2v) is 8.30. The summed E-state index contributed by atoms with van der Waals surface area (Å²) in [4.78, 5) is 12.9. The third-order valence-electron chi connectivity index (χ3n) is 5.03. The monoisotopic (exact) mass is 365 g/mol. The summed E-state index contributed by atoms with van der Waals surface area (Å²) in [6.45, 7) is 11.0. The van der Waals surface area contributed by atoms with E-state index in [2.05, 4.69) is 46.3 Å². The summed E-state index contributed by atoms with van der Waals surface area (Å²) < 4.78 is 0. The second kappa shape index (κ2) is 10.8. The molecule has 6 heteroatoms. The standard InChI is InChI=1S/C19H35N5S/c1-15-9-5-7-13-24(15)14-8-6-11-21-19(20-4)22-12-10-18-23-16(2)17(3)25-18/h15H,5-14H2,1-4H3,(H2,20,21,22). The van der Waals surface area contributed by atoms with Crippen molar-refractivity contribution in [2.75, 3.05) is 33.2 Å². The molecule has 1 atom stereocenters. The van der Waals surface area contributed by atoms with E-state index < -0.39 is 0 Å². The molecule has 0 radical (unpaired) electrons. The summed E-state index contributed by atoms with van der Waals surface area (Å²) in [5, 5.41) is 8.02. The number of thiazole rings is 1. The van der Waals surface area contributed by atoms with Crippen LogP contribution in [0.4, 0.5) is 0 Å². The maximum atomic E-state index is 4.58. The van der Waals surface area contributed by atoms with Gasteiger partial charge in [0.05, 0.1) is 10.7 Å². The fourth-order valence-electron chi connectivity index (χ4n) is 3.29. The molecule has 1 aromatic heterocycles. The van der Waals surface area contributed by atoms with Gasteiger partial charge in [0.2, 0.25) is 0 Å². The van der Waals surface area contributed by atoms with Crippen molar-refractivity contribution < 1.29 is 0 Å². The number of guanidine groups is 1. The number of hydrogen-bond donors (Lipinski definition) is 2. The molecule has 5 nitrogen and oxygen atoms in total. The Morgan fingerprint density at radius 2 is 2.04 bits per heavy atom. The summed E-state index contributed by atoms with van der Waals surface area (Å²) in [5.74, 6) is 0.899. The zero-order chi connectivity index (χ0) is 18.1. The van der Waals surface area contributed by atoms with Gasteiger partial charge in [-0.1, -0.05) is 6.42 Å². The Balaban J connectivity index is 1.55. The number of hydrogen-bond acceptors (Lipinski definition) is 4. The summed E-state index contributed by atoms with van der Waals surface area (Å²) >= 11 is 1.80. The lowest BCUT2D eigenvalue weighted by atomic mass is 10.0. The van der Waals surface area contributed by atoms with Gasteiger partial charge in [-0.2, -0.15) is 0 Å². The molecule has 1 fully saturated rings. The fourth-order valence-corrected chi connectivity index (χ4v) is 4.22. The summed E-state index contributed by atoms with van der Waals surface area (Å²) in [6, 6.07) is 0.772. The normalized spacial score (nSPS) is 19.2. The molecule has 1 aliphatic heterocycles. The van der Waals surface area contributed by atoms with E-state index in [0.717, 1.165) is 37.2 Å². The molecule has 0 spiro atoms. The van der Waals surface area contributed by atoms with Crippen LogP contribution in [0, 0.1) is 13.8 Å². The Morgan fingerprint density at radius 3 is 2.72 bits per heavy atom. The minimum Gasteiger partial charge on any atom is -0.356 e. The molecule has 1 unspecified atom stereocenters. The molecule has 1 aromatic rings. The average molecular weight is 366 g/mol. The van der Waals surface area contributed by atoms with E-state index in [1.165, 1.54) is 55.1 Å². The average Bonchev–Trinajstić information content (AvgIpc) is 2.92. The number of aliphatic imine (C=N–C) groups is 1. The van der Waals surface area contributed by atoms with Crippen LogP contribution in [0.2, 0.25) is 0 Å². The van der Waals surface area contributed by atoms with E-state index in [1.807, 2.05) is 7.05 Å². The van der Waals surface area contributed by atoms with E-state index in [-0.39, 0.29) is 0 Å². The number of unbranched alkanes of at least 4 members (excludes halogenated alkanes) is 1. The van der Waals surface area contributed by atoms with Gasteiger partial charge in [-0.3, -0.25) is 4.99 Å². The van der Waals surface area contributed by atoms with Gasteiger partial charge < -0.3 is 15.5 Å². The highest BCUT2D eigenvalue weighted by molar-refractivity contribution is 7.11. The van der Waals surface area contributed by atoms with Crippen molar-refractivity contribution in [3.8, 4) is 0 Å². The van der Waals surface area contributed by atoms with Crippen molar-refractivity contribution in [2.45, 2.75) is 65.3 Å². The predicted octanol–water partition coefficient (Wildman–Crippen LogP) is 3.12. The van der Waals surface area contributed by atoms with E-state index in [1.54, 1.807) is 11.3 Å². The first-order valence-electron chi connectivity index (χ1n) is 9.71. The topological polar surface area (TPSA) is 52.6 Å². The number of piperidine rings is 1. The first-order valence-corrected chi connectivity index (χ1v) is 10.5. The second-order valence-electron chi connectivity index (χ2n) is 7.01. The van der Waals surface area contributed by atoms with Crippen LogP contribution < -0.4 is 10.6 Å². The van der Waals surface area contributed by atoms with Crippen LogP contribution in [-0.4, -0.2) is 55.1 Å². The smallest absolute Gasteiger partial charge is 0.190 e. The first kappa shape index (κ1) is 20.2. The maximum absolute atomic E-state index is 4.58. The summed E-state index contributed by atoms with van der Waals surface area (Å²) in [7, 11) is 1.84. The molecule has 1 saturated heterocycles. The lowest BCUT2D eigenvalue weighted by Gasteiger charge is -2.33. The molecule has 0 amide bonds. The van der Waals surface area contributed by atoms with Crippen LogP contribution >= 0.6 is 11.3 Å². The quantitative estimate of drug-likeness (QED) is 0.422. The van der Waals surface area contributed by atoms with Gasteiger partial charge in [0.1, 0.15) is 0 Å². The van der Waals surface area contributed by atoms with E-state index in [4.69, 9.17) is 0 Å². The van der Waals surface area contributed by atoms with Gasteiger partial charge in [0.15, 0.2) is 5.96 Å². The van der Waals surface area contributed by atoms with Crippen LogP contribution in [0.15, 0.2) is 4.99 Å². The van der Waals surface area contributed by atoms with Gasteiger partial charge in [-0.05, 0) is 59.5 Å². The third kappa shape index (κ3) is 6.94. The highest BCUT2D eigenvalue weighted by Gasteiger charge is 2.16. The maximum Gasteiger partial charge on any atom is 0.190 e. The van der Waals surface area contributed by atoms with Crippen molar-refractivity contribution in [3.63, 3.8) is 0 Å². The Hall–Kier alpha value is -1.14. The van der Waals surface area contributed by atoms with Crippen molar-refractivity contribution in [3.05, 3.63) is 15.6 Å². The van der Waals surface area contributed by atoms with Crippen LogP contribution in [-0.2, 0) is 6.42 Å². The summed E-state index contributed by atoms with van der Waals surface area (Å²) in [5.41, 5.74) is 1.16. The van der Waals surface area contributed by atoms with E-state index >= 15 is 0 Å². The minimum atomic E-state index is 0.772. The highest BCUT2D eigenvalue weighted by Crippen LogP contribution is 2.17. The lowest BCUT2D eigenvalue weighted by Crippen LogP contribution is -2.40. The Bertz CT molecular complexity index is 520. The third-order valence-corrected chi connectivity index (χ3v) is 6.17. The molecular weight excluding hydrogens is 330 g/mol. The number of aryl methyl sites for hydroxylation is 2. The van der Waals surface area contributed by atoms with Gasteiger partial charge in [0.25, 0.3) is 0 Å². The SMILES string of the molecule is CN=C(NCCCCN1CCCCC1C)NCCc1nc(C)c(C)s1. The molecule has 0 bridgehead atoms. The molecule has 2 heterocycles. The lowest BCUT2D eigenvalue weighted by molar-refractivity contribution is 0.158. The predicted molar refractivity (Wildman–Crippen MR) is 109 cm³/mol. The number of rotatable bonds is 8. The van der Waals surface area contributed by atoms with Gasteiger partial charge >= 0.3 is 0 Å². The van der Waals surface area contributed by atoms with Crippen LogP contribution in [0.5, 0.6) is 0 Å². The Morgan fingerprint density at radius 1 is 1.24 bits per heavy atom. The first-order chi connectivity index (χ1) is 12.1. The molecule has 1 aliphatic rings. The van der Waals surface area contributed by atoms with Crippen molar-refractivity contribution in [1.29, 1.82) is 0 Å². The molecule has 25 heavy (non-hydrogen) atoms. The number of nitrogens with one attached hydrogen (secondary N) is 2. The fraction of sp³-hybridized carbons (Fsp3) is 0.789. The summed E-state index contributed by atoms with van der Waals surface area (Å²) in [6.07, 6.45) is 7.54. The van der Waals surface area contributed by atoms with Crippen molar-refractivity contribution >= 4 is 17.3 Å². The van der Waals surface area contributed by atoms with Gasteiger partial charge in [0, 0.05) is 37.5 Å². The molecule has 0 saturated carbocycles. The zero-order valence-electron chi connectivity index (χ0n) is 16.4. The highest BCUT2D eigenvalue weighted by atomic mass is 32.1. The molecule has 2 rings (SSSR count). The minimum absolute atomic E-state index is 0.772. The largest absolute Gasteiger partial charge is 0.356 e. The Kier molecular flexibility index (Phi) is 8.68. The van der Waals surface area contributed by atoms with E-state index in [9.17, 15) is 0 Å². The number of nitrogens with zero attached hydrogens (tertiary/aromatic N) is 3. The van der Waals surface area contributed by atoms with E-state index in [0.29, 0.717) is 0 Å². The molecule has 142 valence electrons. The molecular formula is C19H35N5S.